The zero-order valence-corrected chi connectivity index (χ0v) is 14.5. The van der Waals surface area contributed by atoms with E-state index in [0.29, 0.717) is 18.8 Å². The molecule has 0 amide bonds. The van der Waals surface area contributed by atoms with Crippen molar-refractivity contribution in [1.29, 1.82) is 0 Å². The van der Waals surface area contributed by atoms with Crippen LogP contribution in [0, 0.1) is 10.1 Å². The second kappa shape index (κ2) is 7.02. The molecule has 1 aromatic carbocycles. The molecule has 0 saturated carbocycles. The number of hydrogen-bond donors (Lipinski definition) is 4. The van der Waals surface area contributed by atoms with Gasteiger partial charge < -0.3 is 25.8 Å². The number of nitrogens with zero attached hydrogens (tertiary/aromatic N) is 2. The molecule has 0 aliphatic carbocycles. The number of nitrogens with one attached hydrogen (secondary N) is 1. The molecular weight excluding hydrogens is 372 g/mol. The Morgan fingerprint density at radius 3 is 2.29 bits per heavy atom. The van der Waals surface area contributed by atoms with Crippen LogP contribution in [0.1, 0.15) is 33.6 Å². The summed E-state index contributed by atoms with van der Waals surface area (Å²) >= 11 is 0. The van der Waals surface area contributed by atoms with E-state index < -0.39 is 44.9 Å². The summed E-state index contributed by atoms with van der Waals surface area (Å²) in [4.78, 5) is 50.1. The predicted molar refractivity (Wildman–Crippen MR) is 98.9 cm³/mol. The summed E-state index contributed by atoms with van der Waals surface area (Å²) in [6, 6.07) is 3.85. The Labute approximate surface area is 157 Å². The lowest BCUT2D eigenvalue weighted by atomic mass is 9.94. The summed E-state index contributed by atoms with van der Waals surface area (Å²) in [5.41, 5.74) is 2.46. The third-order valence-electron chi connectivity index (χ3n) is 4.58. The summed E-state index contributed by atoms with van der Waals surface area (Å²) in [5.74, 6) is -3.79. The number of rotatable bonds is 5. The van der Waals surface area contributed by atoms with Gasteiger partial charge >= 0.3 is 11.9 Å². The minimum atomic E-state index is -1.68. The van der Waals surface area contributed by atoms with Gasteiger partial charge in [0.15, 0.2) is 0 Å². The van der Waals surface area contributed by atoms with Gasteiger partial charge in [-0.2, -0.15) is 0 Å². The van der Waals surface area contributed by atoms with Crippen LogP contribution in [0.25, 0.3) is 11.1 Å². The third-order valence-corrected chi connectivity index (χ3v) is 4.58. The van der Waals surface area contributed by atoms with Crippen LogP contribution in [0.15, 0.2) is 23.0 Å². The molecule has 1 fully saturated rings. The molecule has 0 atom stereocenters. The standard InChI is InChI=1S/C17H16N4O7/c18-14-12(16(23)24)11(13(17(25)26)15(22)19-14)8-3-4-9(10(7-8)21(27)28)20-5-1-2-6-20/h3-4,7H,1-2,5-6H2,(H,23,24)(H,25,26)(H3,18,19,22). The maximum absolute atomic E-state index is 12.1. The number of aromatic amines is 1. The number of benzene rings is 1. The minimum absolute atomic E-state index is 0.0951. The van der Waals surface area contributed by atoms with Gasteiger partial charge in [0, 0.05) is 24.7 Å². The summed E-state index contributed by atoms with van der Waals surface area (Å²) in [6.07, 6.45) is 1.77. The zero-order chi connectivity index (χ0) is 20.6. The van der Waals surface area contributed by atoms with Gasteiger partial charge in [-0.3, -0.25) is 14.9 Å². The van der Waals surface area contributed by atoms with E-state index in [-0.39, 0.29) is 11.3 Å². The van der Waals surface area contributed by atoms with Gasteiger partial charge in [0.2, 0.25) is 0 Å². The first-order valence-electron chi connectivity index (χ1n) is 8.28. The second-order valence-electron chi connectivity index (χ2n) is 6.26. The highest BCUT2D eigenvalue weighted by atomic mass is 16.6. The molecule has 28 heavy (non-hydrogen) atoms. The summed E-state index contributed by atoms with van der Waals surface area (Å²) < 4.78 is 0. The predicted octanol–water partition coefficient (Wildman–Crippen LogP) is 1.53. The molecule has 1 aliphatic rings. The van der Waals surface area contributed by atoms with Crippen LogP contribution in [0.2, 0.25) is 0 Å². The molecular formula is C17H16N4O7. The molecule has 11 nitrogen and oxygen atoms in total. The van der Waals surface area contributed by atoms with Crippen LogP contribution in [-0.4, -0.2) is 45.1 Å². The van der Waals surface area contributed by atoms with Gasteiger partial charge in [-0.05, 0) is 24.5 Å². The van der Waals surface area contributed by atoms with E-state index in [1.807, 2.05) is 9.88 Å². The number of hydrogen-bond acceptors (Lipinski definition) is 7. The van der Waals surface area contributed by atoms with Crippen LogP contribution in [0.3, 0.4) is 0 Å². The molecule has 0 radical (unpaired) electrons. The Morgan fingerprint density at radius 2 is 1.75 bits per heavy atom. The van der Waals surface area contributed by atoms with Crippen LogP contribution in [0.4, 0.5) is 17.2 Å². The SMILES string of the molecule is Nc1[nH]c(=O)c(C(=O)O)c(-c2ccc(N3CCCC3)c([N+](=O)[O-])c2)c1C(=O)O. The smallest absolute Gasteiger partial charge is 0.342 e. The zero-order valence-electron chi connectivity index (χ0n) is 14.5. The maximum Gasteiger partial charge on any atom is 0.342 e. The van der Waals surface area contributed by atoms with Crippen LogP contribution in [-0.2, 0) is 0 Å². The Balaban J connectivity index is 2.33. The summed E-state index contributed by atoms with van der Waals surface area (Å²) in [7, 11) is 0. The molecule has 0 unspecified atom stereocenters. The average molecular weight is 388 g/mol. The van der Waals surface area contributed by atoms with Gasteiger partial charge in [-0.15, -0.1) is 0 Å². The van der Waals surface area contributed by atoms with Gasteiger partial charge in [0.1, 0.15) is 22.6 Å². The van der Waals surface area contributed by atoms with Crippen molar-refractivity contribution in [2.45, 2.75) is 12.8 Å². The number of carbonyl (C=O) groups is 2. The largest absolute Gasteiger partial charge is 0.478 e. The van der Waals surface area contributed by atoms with E-state index >= 15 is 0 Å². The Bertz CT molecular complexity index is 1050. The Hall–Kier alpha value is -3.89. The highest BCUT2D eigenvalue weighted by Crippen LogP contribution is 2.37. The van der Waals surface area contributed by atoms with E-state index in [0.717, 1.165) is 18.9 Å². The van der Waals surface area contributed by atoms with Crippen molar-refractivity contribution in [3.8, 4) is 11.1 Å². The number of carboxylic acids is 2. The van der Waals surface area contributed by atoms with Crippen molar-refractivity contribution < 1.29 is 24.7 Å². The monoisotopic (exact) mass is 388 g/mol. The Kier molecular flexibility index (Phi) is 4.74. The van der Waals surface area contributed by atoms with Crippen molar-refractivity contribution in [3.05, 3.63) is 49.8 Å². The van der Waals surface area contributed by atoms with Gasteiger partial charge in [0.05, 0.1) is 4.92 Å². The highest BCUT2D eigenvalue weighted by molar-refractivity contribution is 6.07. The molecule has 0 bridgehead atoms. The number of aromatic carboxylic acids is 2. The van der Waals surface area contributed by atoms with Gasteiger partial charge in [-0.1, -0.05) is 6.07 Å². The molecule has 11 heteroatoms. The molecule has 1 saturated heterocycles. The van der Waals surface area contributed by atoms with E-state index in [9.17, 15) is 34.7 Å². The molecule has 3 rings (SSSR count). The second-order valence-corrected chi connectivity index (χ2v) is 6.26. The lowest BCUT2D eigenvalue weighted by molar-refractivity contribution is -0.384. The van der Waals surface area contributed by atoms with Gasteiger partial charge in [0.25, 0.3) is 11.2 Å². The first-order chi connectivity index (χ1) is 13.2. The number of nitrogen functional groups attached to an aromatic ring is 1. The highest BCUT2D eigenvalue weighted by Gasteiger charge is 2.29. The van der Waals surface area contributed by atoms with Crippen molar-refractivity contribution >= 4 is 29.1 Å². The fourth-order valence-electron chi connectivity index (χ4n) is 3.39. The number of pyridine rings is 1. The third kappa shape index (κ3) is 3.13. The number of aromatic nitrogens is 1. The molecule has 146 valence electrons. The quantitative estimate of drug-likeness (QED) is 0.436. The molecule has 1 aromatic heterocycles. The number of nitrogens with two attached hydrogens (primary N) is 1. The van der Waals surface area contributed by atoms with E-state index in [4.69, 9.17) is 5.73 Å². The van der Waals surface area contributed by atoms with Crippen molar-refractivity contribution in [2.75, 3.05) is 23.7 Å². The van der Waals surface area contributed by atoms with Crippen molar-refractivity contribution in [3.63, 3.8) is 0 Å². The van der Waals surface area contributed by atoms with Crippen LogP contribution in [0.5, 0.6) is 0 Å². The van der Waals surface area contributed by atoms with E-state index in [2.05, 4.69) is 0 Å². The molecule has 2 aromatic rings. The normalized spacial score (nSPS) is 13.5. The first-order valence-corrected chi connectivity index (χ1v) is 8.28. The average Bonchev–Trinajstić information content (AvgIpc) is 3.14. The van der Waals surface area contributed by atoms with E-state index in [1.54, 1.807) is 0 Å². The van der Waals surface area contributed by atoms with Gasteiger partial charge in [-0.25, -0.2) is 9.59 Å². The molecule has 5 N–H and O–H groups in total. The molecule has 1 aliphatic heterocycles. The minimum Gasteiger partial charge on any atom is -0.478 e. The lowest BCUT2D eigenvalue weighted by Gasteiger charge is -2.18. The molecule has 2 heterocycles. The van der Waals surface area contributed by atoms with Crippen molar-refractivity contribution in [2.24, 2.45) is 0 Å². The number of anilines is 2. The first kappa shape index (κ1) is 18.9. The van der Waals surface area contributed by atoms with Crippen LogP contribution < -0.4 is 16.2 Å². The Morgan fingerprint density at radius 1 is 1.14 bits per heavy atom. The molecule has 0 spiro atoms. The lowest BCUT2D eigenvalue weighted by Crippen LogP contribution is -2.24. The summed E-state index contributed by atoms with van der Waals surface area (Å²) in [6.45, 7) is 1.28. The number of H-pyrrole nitrogens is 1. The maximum atomic E-state index is 12.1. The fraction of sp³-hybridized carbons (Fsp3) is 0.235. The number of nitro groups is 1. The van der Waals surface area contributed by atoms with Crippen molar-refractivity contribution in [1.82, 2.24) is 4.98 Å². The topological polar surface area (TPSA) is 180 Å². The summed E-state index contributed by atoms with van der Waals surface area (Å²) in [5, 5.41) is 30.5. The number of nitro benzene ring substituents is 1. The number of carboxylic acid groups (broad SMARTS) is 2. The fourth-order valence-corrected chi connectivity index (χ4v) is 3.39. The van der Waals surface area contributed by atoms with E-state index in [1.165, 1.54) is 12.1 Å². The van der Waals surface area contributed by atoms with Crippen LogP contribution >= 0.6 is 0 Å².